The molecule has 0 N–H and O–H groups in total. The third-order valence-electron chi connectivity index (χ3n) is 3.94. The minimum atomic E-state index is -1.50. The van der Waals surface area contributed by atoms with E-state index in [9.17, 15) is 0 Å². The van der Waals surface area contributed by atoms with E-state index in [0.717, 1.165) is 0 Å². The molecule has 26 heavy (non-hydrogen) atoms. The van der Waals surface area contributed by atoms with E-state index in [0.29, 0.717) is 7.35 Å². The Morgan fingerprint density at radius 2 is 0.692 bits per heavy atom. The normalized spacial score (nSPS) is 12.3. The molecule has 4 aromatic carbocycles. The van der Waals surface area contributed by atoms with Crippen molar-refractivity contribution in [2.45, 2.75) is 0 Å². The van der Waals surface area contributed by atoms with E-state index in [1.54, 1.807) is 0 Å². The van der Waals surface area contributed by atoms with Crippen molar-refractivity contribution in [3.8, 4) is 0 Å². The van der Waals surface area contributed by atoms with Gasteiger partial charge in [0.2, 0.25) is 0 Å². The van der Waals surface area contributed by atoms with Crippen LogP contribution < -0.4 is 18.9 Å². The van der Waals surface area contributed by atoms with Gasteiger partial charge in [0.05, 0.1) is 0 Å². The molecule has 0 saturated carbocycles. The van der Waals surface area contributed by atoms with Crippen LogP contribution in [0.25, 0.3) is 0 Å². The van der Waals surface area contributed by atoms with Crippen molar-refractivity contribution < 1.29 is 12.0 Å². The Kier molecular flexibility index (Phi) is 5.30. The van der Waals surface area contributed by atoms with Crippen LogP contribution in [0.3, 0.4) is 0 Å². The van der Waals surface area contributed by atoms with Crippen molar-refractivity contribution in [1.29, 1.82) is 0 Å². The first kappa shape index (κ1) is 17.2. The van der Waals surface area contributed by atoms with Crippen molar-refractivity contribution >= 4 is 26.3 Å². The van der Waals surface area contributed by atoms with Gasteiger partial charge in [-0.15, -0.1) is 0 Å². The van der Waals surface area contributed by atoms with Gasteiger partial charge in [0, 0.05) is 0 Å². The quantitative estimate of drug-likeness (QED) is 0.351. The van der Waals surface area contributed by atoms with Crippen LogP contribution in [0.4, 0.5) is 0 Å². The molecular weight excluding hydrogens is 378 g/mol. The van der Waals surface area contributed by atoms with E-state index in [2.05, 4.69) is 121 Å². The first-order chi connectivity index (χ1) is 12.9. The topological polar surface area (TPSA) is 0 Å². The monoisotopic (exact) mass is 398 g/mol. The summed E-state index contributed by atoms with van der Waals surface area (Å²) in [5.41, 5.74) is 0. The predicted molar refractivity (Wildman–Crippen MR) is 113 cm³/mol. The molecule has 1 atom stereocenters. The van der Waals surface area contributed by atoms with Gasteiger partial charge in [0.25, 0.3) is 0 Å². The van der Waals surface area contributed by atoms with Crippen molar-refractivity contribution in [3.05, 3.63) is 121 Å². The van der Waals surface area contributed by atoms with Gasteiger partial charge in [-0.05, 0) is 0 Å². The molecule has 0 heterocycles. The zero-order chi connectivity index (χ0) is 17.7. The summed E-state index contributed by atoms with van der Waals surface area (Å²) in [7, 11) is 0.692. The van der Waals surface area contributed by atoms with Gasteiger partial charge in [-0.1, -0.05) is 0 Å². The zero-order valence-corrected chi connectivity index (χ0v) is 16.4. The Balaban J connectivity index is 2.00. The Bertz CT molecular complexity index is 842. The zero-order valence-electron chi connectivity index (χ0n) is 14.4. The van der Waals surface area contributed by atoms with Crippen LogP contribution in [-0.4, -0.2) is 0 Å². The van der Waals surface area contributed by atoms with Gasteiger partial charge in [-0.25, -0.2) is 0 Å². The van der Waals surface area contributed by atoms with Crippen LogP contribution in [-0.2, 0) is 12.0 Å². The number of benzene rings is 4. The second kappa shape index (κ2) is 8.00. The van der Waals surface area contributed by atoms with Gasteiger partial charge >= 0.3 is 160 Å². The van der Waals surface area contributed by atoms with E-state index in [1.165, 1.54) is 18.9 Å². The Hall–Kier alpha value is -2.20. The van der Waals surface area contributed by atoms with Gasteiger partial charge in [-0.2, -0.15) is 0 Å². The van der Waals surface area contributed by atoms with Crippen LogP contribution in [0, 0.1) is 0 Å². The molecule has 0 saturated heterocycles. The molecule has 0 amide bonds. The Labute approximate surface area is 159 Å². The molecule has 0 aliphatic rings. The fraction of sp³-hybridized carbons (Fsp3) is 0. The van der Waals surface area contributed by atoms with Crippen LogP contribution in [0.5, 0.6) is 0 Å². The first-order valence-electron chi connectivity index (χ1n) is 8.53. The van der Waals surface area contributed by atoms with Crippen molar-refractivity contribution in [2.75, 3.05) is 0 Å². The molecule has 0 aromatic heterocycles. The van der Waals surface area contributed by atoms with Gasteiger partial charge in [-0.3, -0.25) is 0 Å². The second-order valence-electron chi connectivity index (χ2n) is 5.70. The van der Waals surface area contributed by atoms with E-state index in [-0.39, 0.29) is 0 Å². The molecule has 132 valence electrons. The third-order valence-corrected chi connectivity index (χ3v) is 12.5. The fourth-order valence-corrected chi connectivity index (χ4v) is 11.0. The van der Waals surface area contributed by atoms with E-state index >= 15 is 0 Å². The summed E-state index contributed by atoms with van der Waals surface area (Å²) < 4.78 is 4.28. The molecule has 4 rings (SSSR count). The minimum absolute atomic E-state index is 0.692. The number of hydrogen-bond acceptors (Lipinski definition) is 0. The summed E-state index contributed by atoms with van der Waals surface area (Å²) >= 11 is -1.50. The average molecular weight is 399 g/mol. The average Bonchev–Trinajstić information content (AvgIpc) is 2.75. The predicted octanol–water partition coefficient (Wildman–Crippen LogP) is 4.04. The summed E-state index contributed by atoms with van der Waals surface area (Å²) in [5.74, 6) is 0. The van der Waals surface area contributed by atoms with Crippen molar-refractivity contribution in [3.63, 3.8) is 0 Å². The Morgan fingerprint density at radius 1 is 0.385 bits per heavy atom. The standard InChI is InChI=1S/C6H6P.3C6H5.Ni/c7-6-4-2-1-3-5-6;3*1-2-4-6-5-3-1;/h1-5,7H;3*1-5H;/q-1;;;;+1. The summed E-state index contributed by atoms with van der Waals surface area (Å²) in [4.78, 5) is 0. The molecular formula is C24H21NiP. The van der Waals surface area contributed by atoms with Crippen LogP contribution in [0.2, 0.25) is 0 Å². The van der Waals surface area contributed by atoms with E-state index < -0.39 is 12.0 Å². The van der Waals surface area contributed by atoms with Gasteiger partial charge in [0.1, 0.15) is 0 Å². The summed E-state index contributed by atoms with van der Waals surface area (Å²) in [6.07, 6.45) is 0. The Morgan fingerprint density at radius 3 is 1.04 bits per heavy atom. The molecule has 0 radical (unpaired) electrons. The maximum absolute atomic E-state index is 2.30. The van der Waals surface area contributed by atoms with Crippen LogP contribution in [0.1, 0.15) is 0 Å². The van der Waals surface area contributed by atoms with Gasteiger partial charge < -0.3 is 0 Å². The first-order valence-corrected chi connectivity index (χ1v) is 12.3. The van der Waals surface area contributed by atoms with Crippen molar-refractivity contribution in [2.24, 2.45) is 0 Å². The molecule has 2 heteroatoms. The second-order valence-corrected chi connectivity index (χ2v) is 12.3. The number of rotatable bonds is 5. The molecule has 0 bridgehead atoms. The summed E-state index contributed by atoms with van der Waals surface area (Å²) in [6.45, 7) is 0. The third kappa shape index (κ3) is 3.38. The molecule has 0 spiro atoms. The SMILES string of the molecule is c1ccc([PH][Ni]([c]2ccccc2)([c]2ccccc2)[c]2ccccc2)cc1. The van der Waals surface area contributed by atoms with E-state index in [4.69, 9.17) is 0 Å². The van der Waals surface area contributed by atoms with Crippen LogP contribution >= 0.6 is 7.35 Å². The molecule has 0 aliphatic heterocycles. The molecule has 4 aromatic rings. The summed E-state index contributed by atoms with van der Waals surface area (Å²) in [5, 5.41) is 1.41. The molecule has 0 nitrogen and oxygen atoms in total. The molecule has 0 fully saturated rings. The van der Waals surface area contributed by atoms with Gasteiger partial charge in [0.15, 0.2) is 0 Å². The molecule has 1 unspecified atom stereocenters. The maximum atomic E-state index is 2.30. The summed E-state index contributed by atoms with van der Waals surface area (Å²) in [6, 6.07) is 44.1. The van der Waals surface area contributed by atoms with Crippen molar-refractivity contribution in [1.82, 2.24) is 0 Å². The molecule has 0 aliphatic carbocycles. The number of hydrogen-bond donors (Lipinski definition) is 0. The van der Waals surface area contributed by atoms with E-state index in [1.807, 2.05) is 0 Å². The van der Waals surface area contributed by atoms with Crippen LogP contribution in [0.15, 0.2) is 121 Å². The fourth-order valence-electron chi connectivity index (χ4n) is 2.76.